The maximum absolute atomic E-state index is 5.76. The molecule has 0 radical (unpaired) electrons. The highest BCUT2D eigenvalue weighted by molar-refractivity contribution is 14.0. The van der Waals surface area contributed by atoms with Gasteiger partial charge >= 0.3 is 0 Å². The van der Waals surface area contributed by atoms with E-state index >= 15 is 0 Å². The summed E-state index contributed by atoms with van der Waals surface area (Å²) in [5.74, 6) is 3.69. The molecule has 22 heavy (non-hydrogen) atoms. The van der Waals surface area contributed by atoms with Gasteiger partial charge in [-0.2, -0.15) is 11.8 Å². The van der Waals surface area contributed by atoms with Crippen molar-refractivity contribution in [3.63, 3.8) is 0 Å². The molecule has 1 atom stereocenters. The fraction of sp³-hybridized carbons (Fsp3) is 0.733. The van der Waals surface area contributed by atoms with Crippen molar-refractivity contribution in [3.8, 4) is 0 Å². The van der Waals surface area contributed by atoms with Gasteiger partial charge in [0, 0.05) is 24.3 Å². The van der Waals surface area contributed by atoms with Crippen LogP contribution in [0.15, 0.2) is 15.6 Å². The molecule has 0 bridgehead atoms. The first-order chi connectivity index (χ1) is 9.99. The van der Waals surface area contributed by atoms with Crippen LogP contribution >= 0.6 is 35.7 Å². The standard InChI is InChI=1S/C15H26N4OS.HI/c1-15(2,3)12-9-17-13(20-12)10-19-14(16-4)18-8-11-6-5-7-21-11;/h9,11H,5-8,10H2,1-4H3,(H2,16,18,19);1H. The van der Waals surface area contributed by atoms with Gasteiger partial charge in [-0.15, -0.1) is 24.0 Å². The Morgan fingerprint density at radius 2 is 2.23 bits per heavy atom. The molecule has 0 saturated carbocycles. The number of aromatic nitrogens is 1. The Hall–Kier alpha value is -0.440. The Bertz CT molecular complexity index is 478. The molecule has 0 aliphatic carbocycles. The zero-order valence-corrected chi connectivity index (χ0v) is 17.0. The number of hydrogen-bond acceptors (Lipinski definition) is 4. The fourth-order valence-electron chi connectivity index (χ4n) is 2.13. The van der Waals surface area contributed by atoms with Crippen LogP contribution < -0.4 is 10.6 Å². The quantitative estimate of drug-likeness (QED) is 0.430. The summed E-state index contributed by atoms with van der Waals surface area (Å²) in [7, 11) is 1.78. The summed E-state index contributed by atoms with van der Waals surface area (Å²) >= 11 is 2.04. The van der Waals surface area contributed by atoms with Gasteiger partial charge in [-0.3, -0.25) is 4.99 Å². The van der Waals surface area contributed by atoms with Gasteiger partial charge < -0.3 is 15.1 Å². The smallest absolute Gasteiger partial charge is 0.213 e. The minimum Gasteiger partial charge on any atom is -0.443 e. The lowest BCUT2D eigenvalue weighted by molar-refractivity contribution is 0.379. The van der Waals surface area contributed by atoms with E-state index in [4.69, 9.17) is 4.42 Å². The predicted octanol–water partition coefficient (Wildman–Crippen LogP) is 3.15. The summed E-state index contributed by atoms with van der Waals surface area (Å²) in [5, 5.41) is 7.32. The minimum absolute atomic E-state index is 0. The topological polar surface area (TPSA) is 62.5 Å². The number of nitrogens with zero attached hydrogens (tertiary/aromatic N) is 2. The van der Waals surface area contributed by atoms with Crippen molar-refractivity contribution < 1.29 is 4.42 Å². The minimum atomic E-state index is -0.00906. The van der Waals surface area contributed by atoms with E-state index in [1.807, 2.05) is 18.0 Å². The molecule has 1 aliphatic heterocycles. The fourth-order valence-corrected chi connectivity index (χ4v) is 3.34. The lowest BCUT2D eigenvalue weighted by Crippen LogP contribution is -2.39. The SMILES string of the molecule is CN=C(NCc1ncc(C(C)(C)C)o1)NCC1CCCS1.I. The summed E-state index contributed by atoms with van der Waals surface area (Å²) < 4.78 is 5.76. The molecule has 7 heteroatoms. The maximum Gasteiger partial charge on any atom is 0.213 e. The van der Waals surface area contributed by atoms with Crippen molar-refractivity contribution in [2.24, 2.45) is 4.99 Å². The van der Waals surface area contributed by atoms with Crippen molar-refractivity contribution in [1.29, 1.82) is 0 Å². The molecule has 5 nitrogen and oxygen atoms in total. The lowest BCUT2D eigenvalue weighted by atomic mass is 9.94. The molecule has 2 heterocycles. The van der Waals surface area contributed by atoms with E-state index in [2.05, 4.69) is 41.4 Å². The largest absolute Gasteiger partial charge is 0.443 e. The summed E-state index contributed by atoms with van der Waals surface area (Å²) in [4.78, 5) is 8.55. The normalized spacial score (nSPS) is 18.9. The van der Waals surface area contributed by atoms with Crippen LogP contribution in [-0.4, -0.2) is 35.5 Å². The molecule has 2 rings (SSSR count). The third-order valence-corrected chi connectivity index (χ3v) is 4.84. The average molecular weight is 438 g/mol. The van der Waals surface area contributed by atoms with Crippen molar-refractivity contribution in [1.82, 2.24) is 15.6 Å². The molecule has 0 aromatic carbocycles. The van der Waals surface area contributed by atoms with E-state index in [1.165, 1.54) is 18.6 Å². The molecule has 1 aromatic rings. The van der Waals surface area contributed by atoms with Crippen LogP contribution in [0.3, 0.4) is 0 Å². The van der Waals surface area contributed by atoms with E-state index in [-0.39, 0.29) is 29.4 Å². The Labute approximate surface area is 154 Å². The highest BCUT2D eigenvalue weighted by Crippen LogP contribution is 2.25. The van der Waals surface area contributed by atoms with Crippen LogP contribution in [0.25, 0.3) is 0 Å². The summed E-state index contributed by atoms with van der Waals surface area (Å²) in [6.45, 7) is 7.86. The van der Waals surface area contributed by atoms with Gasteiger partial charge in [0.05, 0.1) is 12.7 Å². The molecule has 0 spiro atoms. The highest BCUT2D eigenvalue weighted by Gasteiger charge is 2.19. The highest BCUT2D eigenvalue weighted by atomic mass is 127. The van der Waals surface area contributed by atoms with E-state index in [0.717, 1.165) is 18.3 Å². The summed E-state index contributed by atoms with van der Waals surface area (Å²) in [6, 6.07) is 0. The molecular formula is C15H27IN4OS. The van der Waals surface area contributed by atoms with Crippen molar-refractivity contribution in [2.75, 3.05) is 19.3 Å². The molecule has 1 unspecified atom stereocenters. The monoisotopic (exact) mass is 438 g/mol. The first-order valence-corrected chi connectivity index (χ1v) is 8.55. The molecule has 126 valence electrons. The Morgan fingerprint density at radius 3 is 2.77 bits per heavy atom. The van der Waals surface area contributed by atoms with Crippen LogP contribution in [-0.2, 0) is 12.0 Å². The molecular weight excluding hydrogens is 411 g/mol. The van der Waals surface area contributed by atoms with E-state index in [0.29, 0.717) is 17.7 Å². The zero-order chi connectivity index (χ0) is 15.3. The second kappa shape index (κ2) is 9.00. The van der Waals surface area contributed by atoms with Gasteiger partial charge in [0.2, 0.25) is 5.89 Å². The van der Waals surface area contributed by atoms with Crippen LogP contribution in [0.5, 0.6) is 0 Å². The van der Waals surface area contributed by atoms with E-state index < -0.39 is 0 Å². The Morgan fingerprint density at radius 1 is 1.45 bits per heavy atom. The van der Waals surface area contributed by atoms with E-state index in [1.54, 1.807) is 7.05 Å². The van der Waals surface area contributed by atoms with Gasteiger partial charge in [0.25, 0.3) is 0 Å². The predicted molar refractivity (Wildman–Crippen MR) is 104 cm³/mol. The number of rotatable bonds is 4. The second-order valence-corrected chi connectivity index (χ2v) is 7.72. The number of aliphatic imine (C=N–C) groups is 1. The maximum atomic E-state index is 5.76. The number of thioether (sulfide) groups is 1. The van der Waals surface area contributed by atoms with Crippen molar-refractivity contribution in [2.45, 2.75) is 50.8 Å². The van der Waals surface area contributed by atoms with Crippen molar-refractivity contribution in [3.05, 3.63) is 17.8 Å². The molecule has 1 fully saturated rings. The molecule has 1 aliphatic rings. The van der Waals surface area contributed by atoms with Gasteiger partial charge in [-0.05, 0) is 18.6 Å². The van der Waals surface area contributed by atoms with Gasteiger partial charge in [-0.25, -0.2) is 4.98 Å². The van der Waals surface area contributed by atoms with E-state index in [9.17, 15) is 0 Å². The number of nitrogens with one attached hydrogen (secondary N) is 2. The third kappa shape index (κ3) is 5.98. The van der Waals surface area contributed by atoms with Gasteiger partial charge in [-0.1, -0.05) is 20.8 Å². The number of oxazole rings is 1. The van der Waals surface area contributed by atoms with Crippen LogP contribution in [0.2, 0.25) is 0 Å². The molecule has 1 saturated heterocycles. The average Bonchev–Trinajstić information content (AvgIpc) is 3.09. The zero-order valence-electron chi connectivity index (χ0n) is 13.8. The Balaban J connectivity index is 0.00000242. The molecule has 2 N–H and O–H groups in total. The first-order valence-electron chi connectivity index (χ1n) is 7.50. The van der Waals surface area contributed by atoms with Gasteiger partial charge in [0.15, 0.2) is 5.96 Å². The summed E-state index contributed by atoms with van der Waals surface area (Å²) in [6.07, 6.45) is 4.43. The second-order valence-electron chi connectivity index (χ2n) is 6.31. The number of halogens is 1. The van der Waals surface area contributed by atoms with Crippen molar-refractivity contribution >= 4 is 41.7 Å². The number of hydrogen-bond donors (Lipinski definition) is 2. The lowest BCUT2D eigenvalue weighted by Gasteiger charge is -2.14. The molecule has 1 aromatic heterocycles. The number of guanidine groups is 1. The van der Waals surface area contributed by atoms with Gasteiger partial charge in [0.1, 0.15) is 5.76 Å². The first kappa shape index (κ1) is 19.6. The molecule has 0 amide bonds. The van der Waals surface area contributed by atoms with Crippen LogP contribution in [0.4, 0.5) is 0 Å². The third-order valence-electron chi connectivity index (χ3n) is 3.44. The Kier molecular flexibility index (Phi) is 8.02. The van der Waals surface area contributed by atoms with Crippen LogP contribution in [0, 0.1) is 0 Å². The summed E-state index contributed by atoms with van der Waals surface area (Å²) in [5.41, 5.74) is -0.00906. The van der Waals surface area contributed by atoms with Crippen LogP contribution in [0.1, 0.15) is 45.3 Å².